The van der Waals surface area contributed by atoms with Crippen molar-refractivity contribution in [3.8, 4) is 0 Å². The molecule has 0 aromatic heterocycles. The second-order valence-electron chi connectivity index (χ2n) is 5.91. The molecule has 1 N–H and O–H groups in total. The van der Waals surface area contributed by atoms with Crippen molar-refractivity contribution in [3.63, 3.8) is 0 Å². The molecule has 0 radical (unpaired) electrons. The molecule has 15 heavy (non-hydrogen) atoms. The van der Waals surface area contributed by atoms with E-state index in [1.807, 2.05) is 0 Å². The van der Waals surface area contributed by atoms with Crippen LogP contribution in [-0.4, -0.2) is 25.8 Å². The third-order valence-corrected chi connectivity index (χ3v) is 2.81. The van der Waals surface area contributed by atoms with Crippen molar-refractivity contribution in [2.24, 2.45) is 5.41 Å². The second-order valence-corrected chi connectivity index (χ2v) is 5.91. The smallest absolute Gasteiger partial charge is 0.0467 e. The number of rotatable bonds is 7. The van der Waals surface area contributed by atoms with Crippen molar-refractivity contribution in [2.75, 3.05) is 20.3 Å². The maximum atomic E-state index is 5.19. The summed E-state index contributed by atoms with van der Waals surface area (Å²) in [6, 6.07) is 0. The molecular formula is C13H29NO. The quantitative estimate of drug-likeness (QED) is 0.704. The molecule has 92 valence electrons. The van der Waals surface area contributed by atoms with Gasteiger partial charge in [0.2, 0.25) is 0 Å². The van der Waals surface area contributed by atoms with Gasteiger partial charge in [-0.15, -0.1) is 0 Å². The zero-order valence-electron chi connectivity index (χ0n) is 11.4. The van der Waals surface area contributed by atoms with E-state index in [-0.39, 0.29) is 5.54 Å². The first-order valence-electron chi connectivity index (χ1n) is 6.07. The van der Waals surface area contributed by atoms with Crippen LogP contribution < -0.4 is 5.32 Å². The predicted octanol–water partition coefficient (Wildman–Crippen LogP) is 3.22. The molecule has 0 rings (SSSR count). The van der Waals surface area contributed by atoms with Crippen LogP contribution in [0.1, 0.15) is 53.9 Å². The van der Waals surface area contributed by atoms with Gasteiger partial charge in [-0.05, 0) is 39.0 Å². The van der Waals surface area contributed by atoms with Gasteiger partial charge in [-0.1, -0.05) is 20.3 Å². The molecule has 0 fully saturated rings. The fourth-order valence-corrected chi connectivity index (χ4v) is 1.73. The zero-order chi connectivity index (χ0) is 11.9. The lowest BCUT2D eigenvalue weighted by Gasteiger charge is -2.33. The number of hydrogen-bond donors (Lipinski definition) is 1. The van der Waals surface area contributed by atoms with Crippen molar-refractivity contribution in [1.82, 2.24) is 5.32 Å². The Balaban J connectivity index is 4.11. The van der Waals surface area contributed by atoms with Gasteiger partial charge in [-0.2, -0.15) is 0 Å². The molecule has 1 unspecified atom stereocenters. The maximum Gasteiger partial charge on any atom is 0.0467 e. The molecule has 0 heterocycles. The Labute approximate surface area is 95.8 Å². The van der Waals surface area contributed by atoms with Crippen LogP contribution in [0.2, 0.25) is 0 Å². The Morgan fingerprint density at radius 2 is 1.67 bits per heavy atom. The first-order valence-corrected chi connectivity index (χ1v) is 6.07. The molecule has 0 aliphatic carbocycles. The number of methoxy groups -OCH3 is 1. The van der Waals surface area contributed by atoms with E-state index >= 15 is 0 Å². The minimum Gasteiger partial charge on any atom is -0.385 e. The lowest BCUT2D eigenvalue weighted by Crippen LogP contribution is -2.43. The van der Waals surface area contributed by atoms with Gasteiger partial charge in [-0.25, -0.2) is 0 Å². The van der Waals surface area contributed by atoms with E-state index in [1.54, 1.807) is 7.11 Å². The van der Waals surface area contributed by atoms with E-state index in [0.717, 1.165) is 19.6 Å². The first-order chi connectivity index (χ1) is 6.83. The minimum absolute atomic E-state index is 0.210. The van der Waals surface area contributed by atoms with Crippen molar-refractivity contribution in [3.05, 3.63) is 0 Å². The van der Waals surface area contributed by atoms with E-state index in [9.17, 15) is 0 Å². The minimum atomic E-state index is 0.210. The van der Waals surface area contributed by atoms with E-state index in [4.69, 9.17) is 4.74 Å². The fraction of sp³-hybridized carbons (Fsp3) is 1.00. The van der Waals surface area contributed by atoms with Crippen molar-refractivity contribution < 1.29 is 4.74 Å². The van der Waals surface area contributed by atoms with Crippen LogP contribution in [0.3, 0.4) is 0 Å². The number of ether oxygens (including phenoxy) is 1. The fourth-order valence-electron chi connectivity index (χ4n) is 1.73. The van der Waals surface area contributed by atoms with E-state index in [0.29, 0.717) is 5.41 Å². The summed E-state index contributed by atoms with van der Waals surface area (Å²) in [5.41, 5.74) is 0.583. The van der Waals surface area contributed by atoms with Crippen LogP contribution in [0, 0.1) is 5.41 Å². The first kappa shape index (κ1) is 14.9. The summed E-state index contributed by atoms with van der Waals surface area (Å²) in [5.74, 6) is 0. The van der Waals surface area contributed by atoms with Gasteiger partial charge in [0.05, 0.1) is 0 Å². The van der Waals surface area contributed by atoms with Gasteiger partial charge in [0.15, 0.2) is 0 Å². The summed E-state index contributed by atoms with van der Waals surface area (Å²) >= 11 is 0. The predicted molar refractivity (Wildman–Crippen MR) is 67.3 cm³/mol. The van der Waals surface area contributed by atoms with Gasteiger partial charge >= 0.3 is 0 Å². The van der Waals surface area contributed by atoms with Crippen molar-refractivity contribution >= 4 is 0 Å². The van der Waals surface area contributed by atoms with Crippen LogP contribution in [-0.2, 0) is 4.74 Å². The molecule has 0 amide bonds. The third kappa shape index (κ3) is 7.80. The Morgan fingerprint density at radius 1 is 1.07 bits per heavy atom. The molecule has 2 heteroatoms. The summed E-state index contributed by atoms with van der Waals surface area (Å²) in [5, 5.41) is 3.60. The molecule has 0 bridgehead atoms. The van der Waals surface area contributed by atoms with Gasteiger partial charge in [0, 0.05) is 25.8 Å². The summed E-state index contributed by atoms with van der Waals surface area (Å²) < 4.78 is 5.19. The Hall–Kier alpha value is -0.0800. The van der Waals surface area contributed by atoms with Crippen LogP contribution in [0.15, 0.2) is 0 Å². The standard InChI is InChI=1S/C13H29NO/c1-7-8-13(5,9-10-15-6)11-14-12(2,3)4/h14H,7-11H2,1-6H3. The highest BCUT2D eigenvalue weighted by Gasteiger charge is 2.24. The largest absolute Gasteiger partial charge is 0.385 e. The van der Waals surface area contributed by atoms with Crippen LogP contribution in [0.25, 0.3) is 0 Å². The normalized spacial score (nSPS) is 16.4. The average Bonchev–Trinajstić information content (AvgIpc) is 2.12. The summed E-state index contributed by atoms with van der Waals surface area (Å²) in [4.78, 5) is 0. The molecule has 0 aliphatic rings. The second kappa shape index (κ2) is 6.49. The SMILES string of the molecule is CCCC(C)(CCOC)CNC(C)(C)C. The van der Waals surface area contributed by atoms with Crippen LogP contribution in [0.5, 0.6) is 0 Å². The molecule has 0 saturated carbocycles. The lowest BCUT2D eigenvalue weighted by molar-refractivity contribution is 0.130. The van der Waals surface area contributed by atoms with Gasteiger partial charge < -0.3 is 10.1 Å². The molecule has 0 saturated heterocycles. The average molecular weight is 215 g/mol. The molecule has 2 nitrogen and oxygen atoms in total. The number of hydrogen-bond acceptors (Lipinski definition) is 2. The highest BCUT2D eigenvalue weighted by Crippen LogP contribution is 2.27. The monoisotopic (exact) mass is 215 g/mol. The number of nitrogens with one attached hydrogen (secondary N) is 1. The topological polar surface area (TPSA) is 21.3 Å². The highest BCUT2D eigenvalue weighted by atomic mass is 16.5. The Morgan fingerprint density at radius 3 is 2.07 bits per heavy atom. The van der Waals surface area contributed by atoms with Crippen LogP contribution in [0.4, 0.5) is 0 Å². The van der Waals surface area contributed by atoms with E-state index in [2.05, 4.69) is 39.9 Å². The van der Waals surface area contributed by atoms with E-state index < -0.39 is 0 Å². The van der Waals surface area contributed by atoms with Gasteiger partial charge in [0.1, 0.15) is 0 Å². The zero-order valence-corrected chi connectivity index (χ0v) is 11.4. The summed E-state index contributed by atoms with van der Waals surface area (Å²) in [7, 11) is 1.78. The molecule has 0 spiro atoms. The van der Waals surface area contributed by atoms with Gasteiger partial charge in [0.25, 0.3) is 0 Å². The summed E-state index contributed by atoms with van der Waals surface area (Å²) in [6.07, 6.45) is 3.64. The van der Waals surface area contributed by atoms with Gasteiger partial charge in [-0.3, -0.25) is 0 Å². The molecular weight excluding hydrogens is 186 g/mol. The molecule has 0 aliphatic heterocycles. The molecule has 0 aromatic rings. The maximum absolute atomic E-state index is 5.19. The third-order valence-electron chi connectivity index (χ3n) is 2.81. The van der Waals surface area contributed by atoms with Crippen LogP contribution >= 0.6 is 0 Å². The lowest BCUT2D eigenvalue weighted by atomic mass is 9.82. The summed E-state index contributed by atoms with van der Waals surface area (Å²) in [6.45, 7) is 13.2. The van der Waals surface area contributed by atoms with Crippen molar-refractivity contribution in [1.29, 1.82) is 0 Å². The molecule has 0 aromatic carbocycles. The molecule has 1 atom stereocenters. The highest BCUT2D eigenvalue weighted by molar-refractivity contribution is 4.81. The van der Waals surface area contributed by atoms with Crippen molar-refractivity contribution in [2.45, 2.75) is 59.4 Å². The Kier molecular flexibility index (Phi) is 6.46. The van der Waals surface area contributed by atoms with E-state index in [1.165, 1.54) is 12.8 Å². The Bertz CT molecular complexity index is 162.